The van der Waals surface area contributed by atoms with E-state index in [0.717, 1.165) is 32.1 Å². The highest BCUT2D eigenvalue weighted by atomic mass is 19.1. The Labute approximate surface area is 190 Å². The number of rotatable bonds is 12. The normalized spacial score (nSPS) is 17.6. The Morgan fingerprint density at radius 1 is 0.875 bits per heavy atom. The zero-order chi connectivity index (χ0) is 22.9. The number of carbonyl (C=O) groups excluding carboxylic acids is 1. The average Bonchev–Trinajstić information content (AvgIpc) is 2.74. The molecule has 0 amide bonds. The molecule has 0 aliphatic heterocycles. The third-order valence-electron chi connectivity index (χ3n) is 6.31. The molecular weight excluding hydrogens is 410 g/mol. The first-order valence-corrected chi connectivity index (χ1v) is 12.0. The van der Waals surface area contributed by atoms with Crippen molar-refractivity contribution in [3.8, 4) is 22.6 Å². The smallest absolute Gasteiger partial charge is 0.314 e. The second kappa shape index (κ2) is 12.0. The van der Waals surface area contributed by atoms with Crippen LogP contribution in [-0.4, -0.2) is 12.6 Å². The van der Waals surface area contributed by atoms with E-state index in [1.165, 1.54) is 43.9 Å². The Morgan fingerprint density at radius 3 is 2.06 bits per heavy atom. The van der Waals surface area contributed by atoms with Crippen molar-refractivity contribution in [3.63, 3.8) is 0 Å². The fourth-order valence-electron chi connectivity index (χ4n) is 4.08. The fourth-order valence-corrected chi connectivity index (χ4v) is 4.08. The van der Waals surface area contributed by atoms with Crippen molar-refractivity contribution < 1.29 is 23.0 Å². The van der Waals surface area contributed by atoms with E-state index in [1.54, 1.807) is 18.2 Å². The molecule has 0 aromatic heterocycles. The van der Waals surface area contributed by atoms with E-state index in [2.05, 4.69) is 13.8 Å². The van der Waals surface area contributed by atoms with E-state index in [0.29, 0.717) is 23.7 Å². The number of hydrogen-bond donors (Lipinski definition) is 0. The van der Waals surface area contributed by atoms with Crippen molar-refractivity contribution in [2.24, 2.45) is 11.8 Å². The third-order valence-corrected chi connectivity index (χ3v) is 6.31. The number of halogens is 2. The van der Waals surface area contributed by atoms with Crippen molar-refractivity contribution in [1.29, 1.82) is 0 Å². The Hall–Kier alpha value is -2.43. The average molecular weight is 445 g/mol. The van der Waals surface area contributed by atoms with Gasteiger partial charge in [0.05, 0.1) is 12.5 Å². The van der Waals surface area contributed by atoms with Crippen LogP contribution in [0.4, 0.5) is 8.78 Å². The SMILES string of the molecule is CCCCCCCCOc1ccc(-c2ccc(OC(=O)C3CC(CC)C3)c(F)c2)cc1F. The van der Waals surface area contributed by atoms with Gasteiger partial charge in [0.15, 0.2) is 23.1 Å². The molecule has 2 aromatic carbocycles. The Kier molecular flexibility index (Phi) is 9.07. The summed E-state index contributed by atoms with van der Waals surface area (Å²) in [5, 5.41) is 0. The van der Waals surface area contributed by atoms with E-state index in [4.69, 9.17) is 9.47 Å². The molecule has 1 aliphatic carbocycles. The first-order valence-electron chi connectivity index (χ1n) is 12.0. The van der Waals surface area contributed by atoms with Crippen LogP contribution in [-0.2, 0) is 4.79 Å². The lowest BCUT2D eigenvalue weighted by Crippen LogP contribution is -2.33. The number of ether oxygens (including phenoxy) is 2. The number of carbonyl (C=O) groups is 1. The highest BCUT2D eigenvalue weighted by Crippen LogP contribution is 2.37. The lowest BCUT2D eigenvalue weighted by molar-refractivity contribution is -0.143. The lowest BCUT2D eigenvalue weighted by Gasteiger charge is -2.32. The summed E-state index contributed by atoms with van der Waals surface area (Å²) in [6.45, 7) is 4.77. The fraction of sp³-hybridized carbons (Fsp3) is 0.519. The van der Waals surface area contributed by atoms with Crippen LogP contribution < -0.4 is 9.47 Å². The number of esters is 1. The van der Waals surface area contributed by atoms with Gasteiger partial charge in [-0.15, -0.1) is 0 Å². The van der Waals surface area contributed by atoms with Crippen molar-refractivity contribution >= 4 is 5.97 Å². The number of benzene rings is 2. The zero-order valence-electron chi connectivity index (χ0n) is 19.2. The molecule has 1 fully saturated rings. The minimum absolute atomic E-state index is 0.0851. The molecule has 32 heavy (non-hydrogen) atoms. The second-order valence-corrected chi connectivity index (χ2v) is 8.77. The van der Waals surface area contributed by atoms with Crippen LogP contribution in [0.5, 0.6) is 11.5 Å². The molecule has 0 atom stereocenters. The molecule has 1 aliphatic rings. The van der Waals surface area contributed by atoms with Gasteiger partial charge in [-0.3, -0.25) is 4.79 Å². The molecule has 3 nitrogen and oxygen atoms in total. The van der Waals surface area contributed by atoms with Gasteiger partial charge in [0.2, 0.25) is 0 Å². The van der Waals surface area contributed by atoms with Crippen molar-refractivity contribution in [2.75, 3.05) is 6.61 Å². The van der Waals surface area contributed by atoms with Gasteiger partial charge < -0.3 is 9.47 Å². The van der Waals surface area contributed by atoms with Crippen molar-refractivity contribution in [1.82, 2.24) is 0 Å². The molecule has 0 saturated heterocycles. The molecule has 0 bridgehead atoms. The van der Waals surface area contributed by atoms with Crippen LogP contribution in [0.15, 0.2) is 36.4 Å². The summed E-state index contributed by atoms with van der Waals surface area (Å²) >= 11 is 0. The van der Waals surface area contributed by atoms with Crippen LogP contribution in [0.25, 0.3) is 11.1 Å². The van der Waals surface area contributed by atoms with Crippen LogP contribution in [0.1, 0.15) is 71.6 Å². The summed E-state index contributed by atoms with van der Waals surface area (Å²) in [6, 6.07) is 8.96. The molecule has 0 spiro atoms. The van der Waals surface area contributed by atoms with Crippen LogP contribution in [0.3, 0.4) is 0 Å². The zero-order valence-corrected chi connectivity index (χ0v) is 19.2. The summed E-state index contributed by atoms with van der Waals surface area (Å²) in [4.78, 5) is 12.2. The quantitative estimate of drug-likeness (QED) is 0.191. The molecular formula is C27H34F2O3. The molecule has 0 unspecified atom stereocenters. The maximum Gasteiger partial charge on any atom is 0.314 e. The minimum atomic E-state index is -0.633. The van der Waals surface area contributed by atoms with Gasteiger partial charge in [-0.05, 0) is 60.6 Å². The van der Waals surface area contributed by atoms with Crippen molar-refractivity contribution in [3.05, 3.63) is 48.0 Å². The van der Waals surface area contributed by atoms with E-state index >= 15 is 0 Å². The molecule has 0 radical (unpaired) electrons. The van der Waals surface area contributed by atoms with E-state index in [-0.39, 0.29) is 23.4 Å². The standard InChI is InChI=1S/C27H34F2O3/c1-3-5-6-7-8-9-14-31-25-12-10-20(17-23(25)28)21-11-13-26(24(29)18-21)32-27(30)22-15-19(4-2)16-22/h10-13,17-19,22H,3-9,14-16H2,1-2H3. The molecule has 0 N–H and O–H groups in total. The minimum Gasteiger partial charge on any atom is -0.491 e. The molecule has 0 heterocycles. The third kappa shape index (κ3) is 6.54. The Morgan fingerprint density at radius 2 is 1.47 bits per heavy atom. The maximum absolute atomic E-state index is 14.5. The largest absolute Gasteiger partial charge is 0.491 e. The summed E-state index contributed by atoms with van der Waals surface area (Å²) < 4.78 is 39.8. The Bertz CT molecular complexity index is 890. The predicted molar refractivity (Wildman–Crippen MR) is 123 cm³/mol. The summed E-state index contributed by atoms with van der Waals surface area (Å²) in [5.41, 5.74) is 1.05. The maximum atomic E-state index is 14.5. The first-order chi connectivity index (χ1) is 15.5. The molecule has 3 rings (SSSR count). The highest BCUT2D eigenvalue weighted by Gasteiger charge is 2.35. The van der Waals surface area contributed by atoms with Gasteiger partial charge in [0.1, 0.15) is 0 Å². The van der Waals surface area contributed by atoms with Crippen molar-refractivity contribution in [2.45, 2.75) is 71.6 Å². The van der Waals surface area contributed by atoms with Gasteiger partial charge >= 0.3 is 5.97 Å². The van der Waals surface area contributed by atoms with Gasteiger partial charge in [-0.25, -0.2) is 8.78 Å². The Balaban J connectivity index is 1.53. The highest BCUT2D eigenvalue weighted by molar-refractivity contribution is 5.76. The monoisotopic (exact) mass is 444 g/mol. The molecule has 2 aromatic rings. The lowest BCUT2D eigenvalue weighted by atomic mass is 9.74. The van der Waals surface area contributed by atoms with E-state index in [1.807, 2.05) is 0 Å². The topological polar surface area (TPSA) is 35.5 Å². The van der Waals surface area contributed by atoms with Gasteiger partial charge in [-0.2, -0.15) is 0 Å². The number of unbranched alkanes of at least 4 members (excludes halogenated alkanes) is 5. The van der Waals surface area contributed by atoms with Gasteiger partial charge in [-0.1, -0.05) is 64.5 Å². The summed E-state index contributed by atoms with van der Waals surface area (Å²) in [5.74, 6) is -0.938. The summed E-state index contributed by atoms with van der Waals surface area (Å²) in [6.07, 6.45) is 9.51. The van der Waals surface area contributed by atoms with Gasteiger partial charge in [0.25, 0.3) is 0 Å². The molecule has 5 heteroatoms. The van der Waals surface area contributed by atoms with Crippen LogP contribution in [0.2, 0.25) is 0 Å². The van der Waals surface area contributed by atoms with Crippen LogP contribution in [0, 0.1) is 23.5 Å². The van der Waals surface area contributed by atoms with E-state index in [9.17, 15) is 13.6 Å². The first kappa shape index (κ1) is 24.2. The summed E-state index contributed by atoms with van der Waals surface area (Å²) in [7, 11) is 0. The molecule has 1 saturated carbocycles. The molecule has 174 valence electrons. The second-order valence-electron chi connectivity index (χ2n) is 8.77. The van der Waals surface area contributed by atoms with Crippen LogP contribution >= 0.6 is 0 Å². The number of hydrogen-bond acceptors (Lipinski definition) is 3. The van der Waals surface area contributed by atoms with Gasteiger partial charge in [0, 0.05) is 0 Å². The predicted octanol–water partition coefficient (Wildman–Crippen LogP) is 7.71. The van der Waals surface area contributed by atoms with E-state index < -0.39 is 11.6 Å².